The zero-order valence-corrected chi connectivity index (χ0v) is 12.4. The van der Waals surface area contributed by atoms with Crippen LogP contribution in [0.2, 0.25) is 10.0 Å². The summed E-state index contributed by atoms with van der Waals surface area (Å²) in [6, 6.07) is 11.6. The van der Waals surface area contributed by atoms with Gasteiger partial charge < -0.3 is 5.11 Å². The summed E-state index contributed by atoms with van der Waals surface area (Å²) in [4.78, 5) is 11.7. The van der Waals surface area contributed by atoms with Crippen molar-refractivity contribution in [1.29, 1.82) is 0 Å². The fraction of sp³-hybridized carbons (Fsp3) is 0.0667. The van der Waals surface area contributed by atoms with E-state index in [1.54, 1.807) is 36.4 Å². The van der Waals surface area contributed by atoms with Crippen LogP contribution >= 0.6 is 23.2 Å². The molecule has 2 aromatic rings. The molecule has 1 amide bonds. The number of hydrazone groups is 1. The highest BCUT2D eigenvalue weighted by atomic mass is 35.5. The van der Waals surface area contributed by atoms with Crippen molar-refractivity contribution in [1.82, 2.24) is 5.43 Å². The second-order valence-electron chi connectivity index (χ2n) is 4.30. The standard InChI is InChI=1S/C15H12Cl2N2O2/c16-12-3-1-10(2-4-12)7-15(21)19-18-9-11-8-13(17)5-6-14(11)20/h1-6,8-9,20H,7H2,(H,19,21). The average Bonchev–Trinajstić information content (AvgIpc) is 2.45. The number of phenols is 1. The Morgan fingerprint density at radius 3 is 2.52 bits per heavy atom. The minimum absolute atomic E-state index is 0.0371. The van der Waals surface area contributed by atoms with Gasteiger partial charge in [0.1, 0.15) is 5.75 Å². The van der Waals surface area contributed by atoms with Crippen LogP contribution in [-0.4, -0.2) is 17.2 Å². The number of nitrogens with one attached hydrogen (secondary N) is 1. The van der Waals surface area contributed by atoms with Crippen molar-refractivity contribution in [3.63, 3.8) is 0 Å². The van der Waals surface area contributed by atoms with Gasteiger partial charge in [-0.15, -0.1) is 0 Å². The first kappa shape index (κ1) is 15.4. The molecule has 6 heteroatoms. The number of hydrogen-bond donors (Lipinski definition) is 2. The summed E-state index contributed by atoms with van der Waals surface area (Å²) < 4.78 is 0. The molecule has 0 saturated heterocycles. The summed E-state index contributed by atoms with van der Waals surface area (Å²) in [6.07, 6.45) is 1.52. The fourth-order valence-corrected chi connectivity index (χ4v) is 1.94. The van der Waals surface area contributed by atoms with Gasteiger partial charge in [-0.2, -0.15) is 5.10 Å². The number of phenolic OH excluding ortho intramolecular Hbond substituents is 1. The Morgan fingerprint density at radius 1 is 1.14 bits per heavy atom. The van der Waals surface area contributed by atoms with E-state index in [9.17, 15) is 9.90 Å². The summed E-state index contributed by atoms with van der Waals surface area (Å²) in [5, 5.41) is 14.5. The lowest BCUT2D eigenvalue weighted by molar-refractivity contribution is -0.120. The van der Waals surface area contributed by atoms with Gasteiger partial charge in [0.2, 0.25) is 5.91 Å². The fourth-order valence-electron chi connectivity index (χ4n) is 1.63. The molecule has 0 aromatic heterocycles. The van der Waals surface area contributed by atoms with Crippen LogP contribution in [0.15, 0.2) is 47.6 Å². The van der Waals surface area contributed by atoms with Crippen LogP contribution < -0.4 is 5.43 Å². The second kappa shape index (κ2) is 7.11. The van der Waals surface area contributed by atoms with Crippen molar-refractivity contribution in [3.8, 4) is 5.75 Å². The Balaban J connectivity index is 1.93. The number of amides is 1. The monoisotopic (exact) mass is 322 g/mol. The summed E-state index contributed by atoms with van der Waals surface area (Å²) in [5.41, 5.74) is 3.64. The van der Waals surface area contributed by atoms with Crippen LogP contribution in [0.1, 0.15) is 11.1 Å². The van der Waals surface area contributed by atoms with E-state index in [1.807, 2.05) is 0 Å². The van der Waals surface area contributed by atoms with E-state index in [0.29, 0.717) is 15.6 Å². The molecule has 0 atom stereocenters. The lowest BCUT2D eigenvalue weighted by atomic mass is 10.1. The van der Waals surface area contributed by atoms with Gasteiger partial charge in [-0.05, 0) is 35.9 Å². The van der Waals surface area contributed by atoms with E-state index in [4.69, 9.17) is 23.2 Å². The quantitative estimate of drug-likeness (QED) is 0.669. The van der Waals surface area contributed by atoms with E-state index < -0.39 is 0 Å². The van der Waals surface area contributed by atoms with Gasteiger partial charge in [0.25, 0.3) is 0 Å². The van der Waals surface area contributed by atoms with Crippen molar-refractivity contribution in [2.24, 2.45) is 5.10 Å². The number of benzene rings is 2. The molecule has 0 saturated carbocycles. The molecular weight excluding hydrogens is 311 g/mol. The molecule has 0 radical (unpaired) electrons. The Labute approximate surface area is 132 Å². The maximum absolute atomic E-state index is 11.7. The van der Waals surface area contributed by atoms with E-state index in [-0.39, 0.29) is 18.1 Å². The summed E-state index contributed by atoms with van der Waals surface area (Å²) in [6.45, 7) is 0. The topological polar surface area (TPSA) is 61.7 Å². The van der Waals surface area contributed by atoms with Gasteiger partial charge in [0, 0.05) is 15.6 Å². The molecule has 2 rings (SSSR count). The number of nitrogens with zero attached hydrogens (tertiary/aromatic N) is 1. The number of rotatable bonds is 4. The minimum atomic E-state index is -0.268. The molecule has 0 spiro atoms. The van der Waals surface area contributed by atoms with E-state index in [1.165, 1.54) is 12.3 Å². The Morgan fingerprint density at radius 2 is 1.81 bits per heavy atom. The molecule has 0 unspecified atom stereocenters. The maximum Gasteiger partial charge on any atom is 0.244 e. The van der Waals surface area contributed by atoms with E-state index in [2.05, 4.69) is 10.5 Å². The van der Waals surface area contributed by atoms with Gasteiger partial charge in [0.05, 0.1) is 12.6 Å². The van der Waals surface area contributed by atoms with Crippen LogP contribution in [-0.2, 0) is 11.2 Å². The number of aromatic hydroxyl groups is 1. The van der Waals surface area contributed by atoms with E-state index >= 15 is 0 Å². The highest BCUT2D eigenvalue weighted by Gasteiger charge is 2.03. The summed E-state index contributed by atoms with van der Waals surface area (Å²) in [7, 11) is 0. The number of carbonyl (C=O) groups excluding carboxylic acids is 1. The predicted molar refractivity (Wildman–Crippen MR) is 84.0 cm³/mol. The van der Waals surface area contributed by atoms with Crippen LogP contribution in [0.3, 0.4) is 0 Å². The lowest BCUT2D eigenvalue weighted by Crippen LogP contribution is -2.19. The predicted octanol–water partition coefficient (Wildman–Crippen LogP) is 3.39. The van der Waals surface area contributed by atoms with Gasteiger partial charge >= 0.3 is 0 Å². The molecule has 0 fully saturated rings. The lowest BCUT2D eigenvalue weighted by Gasteiger charge is -2.01. The van der Waals surface area contributed by atoms with Crippen molar-refractivity contribution in [2.75, 3.05) is 0 Å². The van der Waals surface area contributed by atoms with Gasteiger partial charge in [0.15, 0.2) is 0 Å². The van der Waals surface area contributed by atoms with Crippen molar-refractivity contribution in [2.45, 2.75) is 6.42 Å². The first-order valence-electron chi connectivity index (χ1n) is 6.09. The molecule has 0 aliphatic carbocycles. The second-order valence-corrected chi connectivity index (χ2v) is 5.17. The molecule has 0 aliphatic rings. The molecule has 0 heterocycles. The average molecular weight is 323 g/mol. The highest BCUT2D eigenvalue weighted by molar-refractivity contribution is 6.31. The Kier molecular flexibility index (Phi) is 5.20. The van der Waals surface area contributed by atoms with E-state index in [0.717, 1.165) is 5.56 Å². The first-order valence-corrected chi connectivity index (χ1v) is 6.85. The van der Waals surface area contributed by atoms with Crippen molar-refractivity contribution < 1.29 is 9.90 Å². The zero-order valence-electron chi connectivity index (χ0n) is 10.9. The van der Waals surface area contributed by atoms with Crippen molar-refractivity contribution in [3.05, 3.63) is 63.6 Å². The maximum atomic E-state index is 11.7. The number of hydrogen-bond acceptors (Lipinski definition) is 3. The highest BCUT2D eigenvalue weighted by Crippen LogP contribution is 2.19. The molecular formula is C15H12Cl2N2O2. The van der Waals surface area contributed by atoms with Gasteiger partial charge in [-0.1, -0.05) is 35.3 Å². The van der Waals surface area contributed by atoms with Crippen molar-refractivity contribution >= 4 is 35.3 Å². The third kappa shape index (κ3) is 4.77. The number of carbonyl (C=O) groups is 1. The molecule has 2 N–H and O–H groups in total. The normalized spacial score (nSPS) is 10.8. The molecule has 0 aliphatic heterocycles. The minimum Gasteiger partial charge on any atom is -0.507 e. The van der Waals surface area contributed by atoms with Gasteiger partial charge in [-0.25, -0.2) is 5.43 Å². The molecule has 0 bridgehead atoms. The van der Waals surface area contributed by atoms with Crippen LogP contribution in [0.25, 0.3) is 0 Å². The van der Waals surface area contributed by atoms with Crippen LogP contribution in [0, 0.1) is 0 Å². The third-order valence-electron chi connectivity index (χ3n) is 2.66. The van der Waals surface area contributed by atoms with Gasteiger partial charge in [-0.3, -0.25) is 4.79 Å². The van der Waals surface area contributed by atoms with Crippen LogP contribution in [0.4, 0.5) is 0 Å². The molecule has 108 valence electrons. The first-order chi connectivity index (χ1) is 10.0. The Bertz CT molecular complexity index is 670. The largest absolute Gasteiger partial charge is 0.507 e. The molecule has 2 aromatic carbocycles. The molecule has 4 nitrogen and oxygen atoms in total. The molecule has 21 heavy (non-hydrogen) atoms. The SMILES string of the molecule is O=C(Cc1ccc(Cl)cc1)NN=Cc1cc(Cl)ccc1O. The smallest absolute Gasteiger partial charge is 0.244 e. The third-order valence-corrected chi connectivity index (χ3v) is 3.15. The zero-order chi connectivity index (χ0) is 15.2. The number of halogens is 2. The Hall–Kier alpha value is -2.04. The summed E-state index contributed by atoms with van der Waals surface area (Å²) >= 11 is 11.6. The summed E-state index contributed by atoms with van der Waals surface area (Å²) in [5.74, 6) is -0.231. The van der Waals surface area contributed by atoms with Crippen LogP contribution in [0.5, 0.6) is 5.75 Å².